The van der Waals surface area contributed by atoms with Crippen molar-refractivity contribution in [1.82, 2.24) is 4.90 Å². The number of anilines is 1. The van der Waals surface area contributed by atoms with Gasteiger partial charge in [-0.05, 0) is 25.0 Å². The Hall–Kier alpha value is -1.49. The number of para-hydroxylation sites is 1. The summed E-state index contributed by atoms with van der Waals surface area (Å²) in [6.45, 7) is 1.84. The van der Waals surface area contributed by atoms with E-state index in [1.807, 2.05) is 29.2 Å². The molecule has 1 fully saturated rings. The van der Waals surface area contributed by atoms with Crippen LogP contribution in [0.1, 0.15) is 12.8 Å². The Morgan fingerprint density at radius 3 is 2.74 bits per heavy atom. The van der Waals surface area contributed by atoms with Crippen molar-refractivity contribution in [1.29, 1.82) is 0 Å². The van der Waals surface area contributed by atoms with Crippen LogP contribution in [0.2, 0.25) is 0 Å². The lowest BCUT2D eigenvalue weighted by atomic mass is 10.2. The summed E-state index contributed by atoms with van der Waals surface area (Å²) in [6.07, 6.45) is 2.15. The highest BCUT2D eigenvalue weighted by atomic mass is 32.2. The third-order valence-electron chi connectivity index (χ3n) is 3.56. The summed E-state index contributed by atoms with van der Waals surface area (Å²) in [7, 11) is 0. The molecule has 1 aromatic carbocycles. The molecule has 0 atom stereocenters. The van der Waals surface area contributed by atoms with Crippen molar-refractivity contribution in [2.45, 2.75) is 17.7 Å². The van der Waals surface area contributed by atoms with Crippen LogP contribution in [0.4, 0.5) is 5.69 Å². The minimum absolute atomic E-state index is 0.0243. The Kier molecular flexibility index (Phi) is 3.46. The van der Waals surface area contributed by atoms with Gasteiger partial charge in [-0.25, -0.2) is 0 Å². The van der Waals surface area contributed by atoms with E-state index in [9.17, 15) is 9.59 Å². The monoisotopic (exact) mass is 276 g/mol. The lowest BCUT2D eigenvalue weighted by molar-refractivity contribution is -0.130. The molecular formula is C14H16N2O2S. The summed E-state index contributed by atoms with van der Waals surface area (Å²) in [5.41, 5.74) is 0.872. The van der Waals surface area contributed by atoms with Crippen LogP contribution in [0.25, 0.3) is 0 Å². The standard InChI is InChI=1S/C14H16N2O2S/c17-13(15-7-3-4-8-15)9-16-11-5-1-2-6-12(11)19-10-14(16)18/h1-2,5-6H,3-4,7-10H2. The van der Waals surface area contributed by atoms with Gasteiger partial charge in [0.05, 0.1) is 11.4 Å². The van der Waals surface area contributed by atoms with Crippen molar-refractivity contribution in [3.8, 4) is 0 Å². The first kappa shape index (κ1) is 12.5. The quantitative estimate of drug-likeness (QED) is 0.826. The van der Waals surface area contributed by atoms with Crippen molar-refractivity contribution >= 4 is 29.3 Å². The maximum absolute atomic E-state index is 12.2. The van der Waals surface area contributed by atoms with Crippen molar-refractivity contribution in [2.75, 3.05) is 30.3 Å². The molecule has 100 valence electrons. The molecule has 1 aromatic rings. The van der Waals surface area contributed by atoms with E-state index < -0.39 is 0 Å². The Bertz CT molecular complexity index is 512. The second kappa shape index (κ2) is 5.25. The van der Waals surface area contributed by atoms with Gasteiger partial charge >= 0.3 is 0 Å². The highest BCUT2D eigenvalue weighted by molar-refractivity contribution is 8.00. The highest BCUT2D eigenvalue weighted by Crippen LogP contribution is 2.34. The summed E-state index contributed by atoms with van der Waals surface area (Å²) in [5.74, 6) is 0.508. The molecule has 0 bridgehead atoms. The first-order valence-electron chi connectivity index (χ1n) is 6.56. The van der Waals surface area contributed by atoms with E-state index in [0.29, 0.717) is 5.75 Å². The lowest BCUT2D eigenvalue weighted by Crippen LogP contribution is -2.44. The molecule has 0 aliphatic carbocycles. The van der Waals surface area contributed by atoms with Gasteiger partial charge in [0.2, 0.25) is 11.8 Å². The van der Waals surface area contributed by atoms with Crippen LogP contribution in [0.3, 0.4) is 0 Å². The second-order valence-electron chi connectivity index (χ2n) is 4.82. The third kappa shape index (κ3) is 2.47. The van der Waals surface area contributed by atoms with Crippen LogP contribution < -0.4 is 4.90 Å². The molecular weight excluding hydrogens is 260 g/mol. The van der Waals surface area contributed by atoms with Crippen molar-refractivity contribution < 1.29 is 9.59 Å². The van der Waals surface area contributed by atoms with Gasteiger partial charge in [-0.3, -0.25) is 9.59 Å². The van der Waals surface area contributed by atoms with E-state index >= 15 is 0 Å². The number of fused-ring (bicyclic) bond motifs is 1. The maximum Gasteiger partial charge on any atom is 0.242 e. The fourth-order valence-electron chi connectivity index (χ4n) is 2.53. The van der Waals surface area contributed by atoms with E-state index in [4.69, 9.17) is 0 Å². The number of likely N-dealkylation sites (tertiary alicyclic amines) is 1. The number of thioether (sulfide) groups is 1. The number of rotatable bonds is 2. The number of hydrogen-bond acceptors (Lipinski definition) is 3. The topological polar surface area (TPSA) is 40.6 Å². The third-order valence-corrected chi connectivity index (χ3v) is 4.61. The molecule has 0 aromatic heterocycles. The zero-order valence-corrected chi connectivity index (χ0v) is 11.5. The Balaban J connectivity index is 1.79. The zero-order chi connectivity index (χ0) is 13.2. The Morgan fingerprint density at radius 2 is 1.95 bits per heavy atom. The van der Waals surface area contributed by atoms with Crippen molar-refractivity contribution in [3.63, 3.8) is 0 Å². The molecule has 1 saturated heterocycles. The SMILES string of the molecule is O=C(CN1C(=O)CSc2ccccc21)N1CCCC1. The van der Waals surface area contributed by atoms with Gasteiger partial charge in [-0.2, -0.15) is 0 Å². The molecule has 0 saturated carbocycles. The van der Waals surface area contributed by atoms with Crippen LogP contribution in [-0.4, -0.2) is 42.1 Å². The summed E-state index contributed by atoms with van der Waals surface area (Å²) >= 11 is 1.54. The largest absolute Gasteiger partial charge is 0.341 e. The number of benzene rings is 1. The fraction of sp³-hybridized carbons (Fsp3) is 0.429. The van der Waals surface area contributed by atoms with E-state index in [1.165, 1.54) is 0 Å². The van der Waals surface area contributed by atoms with Crippen LogP contribution >= 0.6 is 11.8 Å². The zero-order valence-electron chi connectivity index (χ0n) is 10.7. The van der Waals surface area contributed by atoms with Crippen molar-refractivity contribution in [2.24, 2.45) is 0 Å². The summed E-state index contributed by atoms with van der Waals surface area (Å²) < 4.78 is 0. The minimum Gasteiger partial charge on any atom is -0.341 e. The van der Waals surface area contributed by atoms with Crippen LogP contribution in [0.5, 0.6) is 0 Å². The molecule has 0 N–H and O–H groups in total. The van der Waals surface area contributed by atoms with Crippen molar-refractivity contribution in [3.05, 3.63) is 24.3 Å². The summed E-state index contributed by atoms with van der Waals surface area (Å²) in [5, 5.41) is 0. The Morgan fingerprint density at radius 1 is 1.21 bits per heavy atom. The molecule has 19 heavy (non-hydrogen) atoms. The van der Waals surface area contributed by atoms with E-state index in [0.717, 1.165) is 36.5 Å². The summed E-state index contributed by atoms with van der Waals surface area (Å²) in [4.78, 5) is 28.8. The number of carbonyl (C=O) groups excluding carboxylic acids is 2. The van der Waals surface area contributed by atoms with Gasteiger partial charge in [-0.15, -0.1) is 11.8 Å². The number of amides is 2. The normalized spacial score (nSPS) is 18.6. The average Bonchev–Trinajstić information content (AvgIpc) is 2.96. The lowest BCUT2D eigenvalue weighted by Gasteiger charge is -2.29. The number of hydrogen-bond donors (Lipinski definition) is 0. The molecule has 2 amide bonds. The van der Waals surface area contributed by atoms with Gasteiger partial charge in [-0.1, -0.05) is 12.1 Å². The smallest absolute Gasteiger partial charge is 0.242 e. The minimum atomic E-state index is 0.0243. The van der Waals surface area contributed by atoms with Gasteiger partial charge in [0.1, 0.15) is 6.54 Å². The molecule has 0 unspecified atom stereocenters. The molecule has 0 radical (unpaired) electrons. The van der Waals surface area contributed by atoms with Gasteiger partial charge in [0, 0.05) is 18.0 Å². The van der Waals surface area contributed by atoms with Gasteiger partial charge < -0.3 is 9.80 Å². The first-order chi connectivity index (χ1) is 9.25. The molecule has 0 spiro atoms. The molecule has 2 heterocycles. The van der Waals surface area contributed by atoms with Crippen LogP contribution in [-0.2, 0) is 9.59 Å². The average molecular weight is 276 g/mol. The molecule has 4 nitrogen and oxygen atoms in total. The van der Waals surface area contributed by atoms with E-state index in [-0.39, 0.29) is 18.4 Å². The molecule has 3 rings (SSSR count). The molecule has 2 aliphatic heterocycles. The second-order valence-corrected chi connectivity index (χ2v) is 5.84. The summed E-state index contributed by atoms with van der Waals surface area (Å²) in [6, 6.07) is 7.78. The fourth-order valence-corrected chi connectivity index (χ4v) is 3.46. The highest BCUT2D eigenvalue weighted by Gasteiger charge is 2.28. The van der Waals surface area contributed by atoms with Gasteiger partial charge in [0.25, 0.3) is 0 Å². The molecule has 5 heteroatoms. The predicted molar refractivity (Wildman–Crippen MR) is 75.3 cm³/mol. The van der Waals surface area contributed by atoms with E-state index in [2.05, 4.69) is 0 Å². The predicted octanol–water partition coefficient (Wildman–Crippen LogP) is 1.75. The molecule has 2 aliphatic rings. The van der Waals surface area contributed by atoms with E-state index in [1.54, 1.807) is 16.7 Å². The Labute approximate surface area is 116 Å². The maximum atomic E-state index is 12.2. The first-order valence-corrected chi connectivity index (χ1v) is 7.54. The number of carbonyl (C=O) groups is 2. The number of nitrogens with zero attached hydrogens (tertiary/aromatic N) is 2. The van der Waals surface area contributed by atoms with Crippen LogP contribution in [0, 0.1) is 0 Å². The van der Waals surface area contributed by atoms with Gasteiger partial charge in [0.15, 0.2) is 0 Å². The van der Waals surface area contributed by atoms with Crippen LogP contribution in [0.15, 0.2) is 29.2 Å².